The Balaban J connectivity index is 1.71. The molecule has 1 N–H and O–H groups in total. The second kappa shape index (κ2) is 6.28. The molecule has 132 valence electrons. The number of nitrogens with zero attached hydrogens (tertiary/aromatic N) is 1. The summed E-state index contributed by atoms with van der Waals surface area (Å²) in [6.07, 6.45) is 1.36. The van der Waals surface area contributed by atoms with Crippen LogP contribution in [0.5, 0.6) is 5.75 Å². The number of anilines is 1. The highest BCUT2D eigenvalue weighted by Gasteiger charge is 2.61. The fourth-order valence-corrected chi connectivity index (χ4v) is 4.34. The third-order valence-electron chi connectivity index (χ3n) is 5.27. The average Bonchev–Trinajstić information content (AvgIpc) is 2.94. The zero-order chi connectivity index (χ0) is 17.5. The monoisotopic (exact) mass is 332 g/mol. The molecule has 0 bridgehead atoms. The summed E-state index contributed by atoms with van der Waals surface area (Å²) in [5.41, 5.74) is 0.695. The Labute approximate surface area is 144 Å². The van der Waals surface area contributed by atoms with E-state index in [1.807, 2.05) is 50.1 Å². The van der Waals surface area contributed by atoms with Crippen molar-refractivity contribution in [3.8, 4) is 5.75 Å². The quantitative estimate of drug-likeness (QED) is 0.913. The molecule has 24 heavy (non-hydrogen) atoms. The van der Waals surface area contributed by atoms with E-state index in [1.165, 1.54) is 0 Å². The number of para-hydroxylation sites is 2. The summed E-state index contributed by atoms with van der Waals surface area (Å²) in [6.45, 7) is 9.12. The first-order chi connectivity index (χ1) is 11.3. The Morgan fingerprint density at radius 3 is 2.79 bits per heavy atom. The van der Waals surface area contributed by atoms with Crippen LogP contribution in [-0.2, 0) is 4.74 Å². The molecule has 2 amide bonds. The predicted molar refractivity (Wildman–Crippen MR) is 94.4 cm³/mol. The van der Waals surface area contributed by atoms with Crippen LogP contribution < -0.4 is 10.1 Å². The third kappa shape index (κ3) is 2.86. The molecule has 1 saturated heterocycles. The molecule has 1 aliphatic carbocycles. The van der Waals surface area contributed by atoms with Gasteiger partial charge in [-0.05, 0) is 32.4 Å². The molecule has 1 saturated carbocycles. The van der Waals surface area contributed by atoms with Gasteiger partial charge in [-0.2, -0.15) is 0 Å². The van der Waals surface area contributed by atoms with Gasteiger partial charge >= 0.3 is 6.03 Å². The smallest absolute Gasteiger partial charge is 0.321 e. The van der Waals surface area contributed by atoms with Gasteiger partial charge in [-0.15, -0.1) is 0 Å². The number of nitrogens with one attached hydrogen (secondary N) is 1. The standard InChI is InChI=1S/C19H28N2O3/c1-12(2)24-15-9-7-6-8-14(15)20-18(22)21(5)16-13-10-11-23-17(13)19(16,3)4/h6-9,12-13,16-17H,10-11H2,1-5H3,(H,20,22). The molecule has 2 aliphatic rings. The van der Waals surface area contributed by atoms with Gasteiger partial charge in [-0.3, -0.25) is 0 Å². The van der Waals surface area contributed by atoms with Crippen LogP contribution in [0.2, 0.25) is 0 Å². The van der Waals surface area contributed by atoms with Crippen molar-refractivity contribution in [3.63, 3.8) is 0 Å². The second-order valence-electron chi connectivity index (χ2n) is 7.71. The van der Waals surface area contributed by atoms with Crippen LogP contribution in [0, 0.1) is 11.3 Å². The van der Waals surface area contributed by atoms with Crippen molar-refractivity contribution in [2.75, 3.05) is 19.0 Å². The largest absolute Gasteiger partial charge is 0.489 e. The number of benzene rings is 1. The maximum absolute atomic E-state index is 12.8. The van der Waals surface area contributed by atoms with Crippen molar-refractivity contribution in [1.82, 2.24) is 4.90 Å². The molecule has 3 unspecified atom stereocenters. The third-order valence-corrected chi connectivity index (χ3v) is 5.27. The van der Waals surface area contributed by atoms with Crippen molar-refractivity contribution in [1.29, 1.82) is 0 Å². The van der Waals surface area contributed by atoms with E-state index >= 15 is 0 Å². The summed E-state index contributed by atoms with van der Waals surface area (Å²) in [6, 6.07) is 7.66. The van der Waals surface area contributed by atoms with Crippen molar-refractivity contribution in [3.05, 3.63) is 24.3 Å². The number of hydrogen-bond donors (Lipinski definition) is 1. The maximum atomic E-state index is 12.8. The van der Waals surface area contributed by atoms with Gasteiger partial charge < -0.3 is 19.7 Å². The van der Waals surface area contributed by atoms with Crippen molar-refractivity contribution >= 4 is 11.7 Å². The minimum absolute atomic E-state index is 0.0127. The molecular formula is C19H28N2O3. The number of ether oxygens (including phenoxy) is 2. The Morgan fingerprint density at radius 1 is 1.38 bits per heavy atom. The zero-order valence-electron chi connectivity index (χ0n) is 15.2. The molecule has 3 rings (SSSR count). The Kier molecular flexibility index (Phi) is 4.47. The summed E-state index contributed by atoms with van der Waals surface area (Å²) < 4.78 is 11.6. The van der Waals surface area contributed by atoms with E-state index in [9.17, 15) is 4.79 Å². The van der Waals surface area contributed by atoms with Crippen LogP contribution in [-0.4, -0.2) is 42.8 Å². The summed E-state index contributed by atoms with van der Waals surface area (Å²) in [7, 11) is 1.88. The lowest BCUT2D eigenvalue weighted by Gasteiger charge is -2.57. The Bertz CT molecular complexity index is 614. The first-order valence-electron chi connectivity index (χ1n) is 8.73. The van der Waals surface area contributed by atoms with E-state index in [2.05, 4.69) is 19.2 Å². The van der Waals surface area contributed by atoms with E-state index < -0.39 is 0 Å². The first-order valence-corrected chi connectivity index (χ1v) is 8.73. The number of fused-ring (bicyclic) bond motifs is 1. The van der Waals surface area contributed by atoms with Crippen LogP contribution in [0.25, 0.3) is 0 Å². The number of carbonyl (C=O) groups is 1. The Morgan fingerprint density at radius 2 is 2.08 bits per heavy atom. The zero-order valence-corrected chi connectivity index (χ0v) is 15.2. The van der Waals surface area contributed by atoms with Gasteiger partial charge in [0.05, 0.1) is 17.9 Å². The van der Waals surface area contributed by atoms with E-state index in [0.717, 1.165) is 13.0 Å². The van der Waals surface area contributed by atoms with Gasteiger partial charge in [0, 0.05) is 31.0 Å². The Hall–Kier alpha value is -1.75. The second-order valence-corrected chi connectivity index (χ2v) is 7.71. The molecule has 5 nitrogen and oxygen atoms in total. The molecule has 0 spiro atoms. The summed E-state index contributed by atoms with van der Waals surface area (Å²) in [5, 5.41) is 3.00. The highest BCUT2D eigenvalue weighted by atomic mass is 16.5. The van der Waals surface area contributed by atoms with Gasteiger partial charge in [-0.25, -0.2) is 4.79 Å². The highest BCUT2D eigenvalue weighted by Crippen LogP contribution is 2.54. The van der Waals surface area contributed by atoms with E-state index in [-0.39, 0.29) is 29.7 Å². The summed E-state index contributed by atoms with van der Waals surface area (Å²) >= 11 is 0. The lowest BCUT2D eigenvalue weighted by atomic mass is 9.57. The molecule has 3 atom stereocenters. The number of hydrogen-bond acceptors (Lipinski definition) is 3. The molecule has 1 heterocycles. The molecule has 0 aromatic heterocycles. The van der Waals surface area contributed by atoms with Crippen LogP contribution >= 0.6 is 0 Å². The fraction of sp³-hybridized carbons (Fsp3) is 0.632. The van der Waals surface area contributed by atoms with Gasteiger partial charge in [0.1, 0.15) is 5.75 Å². The van der Waals surface area contributed by atoms with Gasteiger partial charge in [0.25, 0.3) is 0 Å². The molecule has 1 aromatic carbocycles. The minimum atomic E-state index is -0.0989. The van der Waals surface area contributed by atoms with Crippen LogP contribution in [0.15, 0.2) is 24.3 Å². The van der Waals surface area contributed by atoms with E-state index in [4.69, 9.17) is 9.47 Å². The van der Waals surface area contributed by atoms with Crippen LogP contribution in [0.4, 0.5) is 10.5 Å². The van der Waals surface area contributed by atoms with Crippen LogP contribution in [0.1, 0.15) is 34.1 Å². The van der Waals surface area contributed by atoms with Crippen molar-refractivity contribution in [2.45, 2.75) is 52.4 Å². The SMILES string of the molecule is CC(C)Oc1ccccc1NC(=O)N(C)C1C2CCOC2C1(C)C. The average molecular weight is 332 g/mol. The fourth-order valence-electron chi connectivity index (χ4n) is 4.34. The van der Waals surface area contributed by atoms with Crippen LogP contribution in [0.3, 0.4) is 0 Å². The molecular weight excluding hydrogens is 304 g/mol. The lowest BCUT2D eigenvalue weighted by Crippen LogP contribution is -2.67. The number of urea groups is 1. The maximum Gasteiger partial charge on any atom is 0.321 e. The molecule has 5 heteroatoms. The van der Waals surface area contributed by atoms with Gasteiger partial charge in [-0.1, -0.05) is 26.0 Å². The number of rotatable bonds is 4. The molecule has 0 radical (unpaired) electrons. The minimum Gasteiger partial charge on any atom is -0.489 e. The normalized spacial score (nSPS) is 27.3. The van der Waals surface area contributed by atoms with Gasteiger partial charge in [0.15, 0.2) is 0 Å². The number of amides is 2. The predicted octanol–water partition coefficient (Wildman–Crippen LogP) is 3.75. The molecule has 1 aromatic rings. The topological polar surface area (TPSA) is 50.8 Å². The lowest BCUT2D eigenvalue weighted by molar-refractivity contribution is -0.137. The number of carbonyl (C=O) groups excluding carboxylic acids is 1. The summed E-state index contributed by atoms with van der Waals surface area (Å²) in [4.78, 5) is 14.6. The van der Waals surface area contributed by atoms with Crippen molar-refractivity contribution in [2.24, 2.45) is 11.3 Å². The highest BCUT2D eigenvalue weighted by molar-refractivity contribution is 5.91. The van der Waals surface area contributed by atoms with E-state index in [0.29, 0.717) is 17.4 Å². The van der Waals surface area contributed by atoms with Crippen molar-refractivity contribution < 1.29 is 14.3 Å². The molecule has 1 aliphatic heterocycles. The first kappa shape index (κ1) is 17.1. The van der Waals surface area contributed by atoms with E-state index in [1.54, 1.807) is 0 Å². The van der Waals surface area contributed by atoms with Gasteiger partial charge in [0.2, 0.25) is 0 Å². The molecule has 2 fully saturated rings. The summed E-state index contributed by atoms with van der Waals surface area (Å²) in [5.74, 6) is 1.14.